The van der Waals surface area contributed by atoms with Gasteiger partial charge in [0.2, 0.25) is 0 Å². The van der Waals surface area contributed by atoms with E-state index in [1.165, 1.54) is 49.1 Å². The van der Waals surface area contributed by atoms with Gasteiger partial charge in [-0.3, -0.25) is 0 Å². The first-order valence-electron chi connectivity index (χ1n) is 9.49. The molecule has 0 nitrogen and oxygen atoms in total. The van der Waals surface area contributed by atoms with E-state index in [-0.39, 0.29) is 0 Å². The minimum atomic E-state index is 0.757. The largest absolute Gasteiger partial charge is 0.0898 e. The van der Waals surface area contributed by atoms with Gasteiger partial charge in [-0.25, -0.2) is 0 Å². The van der Waals surface area contributed by atoms with E-state index in [0.29, 0.717) is 0 Å². The molecule has 2 unspecified atom stereocenters. The normalized spacial score (nSPS) is 19.4. The van der Waals surface area contributed by atoms with Crippen LogP contribution in [0.3, 0.4) is 0 Å². The van der Waals surface area contributed by atoms with Gasteiger partial charge in [-0.15, -0.1) is 0 Å². The van der Waals surface area contributed by atoms with Crippen LogP contribution in [-0.4, -0.2) is 6.16 Å². The highest BCUT2D eigenvalue weighted by Gasteiger charge is 2.29. The van der Waals surface area contributed by atoms with Crippen molar-refractivity contribution in [3.63, 3.8) is 0 Å². The molecule has 0 aromatic heterocycles. The van der Waals surface area contributed by atoms with Crippen molar-refractivity contribution in [1.82, 2.24) is 0 Å². The van der Waals surface area contributed by atoms with E-state index in [1.54, 1.807) is 11.1 Å². The van der Waals surface area contributed by atoms with Gasteiger partial charge >= 0.3 is 0 Å². The van der Waals surface area contributed by atoms with Gasteiger partial charge in [-0.2, -0.15) is 0 Å². The van der Waals surface area contributed by atoms with E-state index in [1.807, 2.05) is 0 Å². The van der Waals surface area contributed by atoms with Crippen LogP contribution in [0.15, 0.2) is 60.7 Å². The van der Waals surface area contributed by atoms with Crippen molar-refractivity contribution in [3.05, 3.63) is 71.8 Å². The molecule has 0 bridgehead atoms. The molecule has 2 aliphatic carbocycles. The van der Waals surface area contributed by atoms with Crippen LogP contribution in [0, 0.1) is 11.8 Å². The predicted molar refractivity (Wildman–Crippen MR) is 107 cm³/mol. The number of allylic oxidation sites excluding steroid dienone is 2. The summed E-state index contributed by atoms with van der Waals surface area (Å²) in [4.78, 5) is 0. The molecule has 124 valence electrons. The second-order valence-electron chi connectivity index (χ2n) is 7.27. The Morgan fingerprint density at radius 1 is 0.875 bits per heavy atom. The molecule has 1 fully saturated rings. The van der Waals surface area contributed by atoms with Crippen LogP contribution in [0.5, 0.6) is 0 Å². The van der Waals surface area contributed by atoms with E-state index in [4.69, 9.17) is 0 Å². The Balaban J connectivity index is 1.56. The first-order chi connectivity index (χ1) is 11.9. The molecule has 2 aromatic rings. The number of hydrogen-bond acceptors (Lipinski definition) is 0. The van der Waals surface area contributed by atoms with Crippen LogP contribution >= 0.6 is 8.58 Å². The number of rotatable bonds is 5. The van der Waals surface area contributed by atoms with E-state index in [2.05, 4.69) is 60.7 Å². The lowest BCUT2D eigenvalue weighted by atomic mass is 9.76. The average Bonchev–Trinajstić information content (AvgIpc) is 3.08. The molecule has 4 rings (SSSR count). The molecule has 1 saturated carbocycles. The molecule has 24 heavy (non-hydrogen) atoms. The van der Waals surface area contributed by atoms with Crippen LogP contribution in [0.25, 0.3) is 5.57 Å². The highest BCUT2D eigenvalue weighted by molar-refractivity contribution is 7.47. The van der Waals surface area contributed by atoms with E-state index < -0.39 is 0 Å². The van der Waals surface area contributed by atoms with Gasteiger partial charge in [0.05, 0.1) is 0 Å². The molecule has 0 heterocycles. The summed E-state index contributed by atoms with van der Waals surface area (Å²) in [6, 6.07) is 20.2. The highest BCUT2D eigenvalue weighted by atomic mass is 31.1. The van der Waals surface area contributed by atoms with Gasteiger partial charge in [-0.1, -0.05) is 88.5 Å². The molecule has 1 heteroatoms. The maximum atomic E-state index is 2.54. The zero-order chi connectivity index (χ0) is 16.2. The second-order valence-corrected chi connectivity index (χ2v) is 8.61. The third-order valence-corrected chi connectivity index (χ3v) is 7.17. The Morgan fingerprint density at radius 3 is 2.46 bits per heavy atom. The van der Waals surface area contributed by atoms with E-state index >= 15 is 0 Å². The van der Waals surface area contributed by atoms with Crippen molar-refractivity contribution >= 4 is 19.5 Å². The summed E-state index contributed by atoms with van der Waals surface area (Å²) in [6.07, 6.45) is 12.2. The minimum absolute atomic E-state index is 0.757. The molecule has 0 N–H and O–H groups in total. The molecule has 0 radical (unpaired) electrons. The lowest BCUT2D eigenvalue weighted by molar-refractivity contribution is 0.309. The summed E-state index contributed by atoms with van der Waals surface area (Å²) < 4.78 is 0. The lowest BCUT2D eigenvalue weighted by Crippen LogP contribution is -2.21. The Bertz CT molecular complexity index is 695. The first kappa shape index (κ1) is 16.1. The smallest absolute Gasteiger partial charge is 0.00853 e. The van der Waals surface area contributed by atoms with Crippen LogP contribution < -0.4 is 5.30 Å². The number of hydrogen-bond donors (Lipinski definition) is 0. The monoisotopic (exact) mass is 334 g/mol. The van der Waals surface area contributed by atoms with Crippen molar-refractivity contribution in [3.8, 4) is 0 Å². The Kier molecular flexibility index (Phi) is 5.14. The number of fused-ring (bicyclic) bond motifs is 1. The topological polar surface area (TPSA) is 0 Å². The fraction of sp³-hybridized carbons (Fsp3) is 0.391. The van der Waals surface area contributed by atoms with Crippen molar-refractivity contribution in [1.29, 1.82) is 0 Å². The molecular weight excluding hydrogens is 307 g/mol. The van der Waals surface area contributed by atoms with Crippen molar-refractivity contribution < 1.29 is 0 Å². The van der Waals surface area contributed by atoms with E-state index in [0.717, 1.165) is 26.8 Å². The van der Waals surface area contributed by atoms with Gasteiger partial charge < -0.3 is 0 Å². The Hall–Kier alpha value is -1.39. The van der Waals surface area contributed by atoms with Gasteiger partial charge in [0.25, 0.3) is 0 Å². The minimum Gasteiger partial charge on any atom is -0.0898 e. The van der Waals surface area contributed by atoms with Crippen LogP contribution in [0.4, 0.5) is 0 Å². The summed E-state index contributed by atoms with van der Waals surface area (Å²) in [6.45, 7) is 0. The fourth-order valence-electron chi connectivity index (χ4n) is 4.51. The van der Waals surface area contributed by atoms with E-state index in [9.17, 15) is 0 Å². The Labute approximate surface area is 148 Å². The third-order valence-electron chi connectivity index (χ3n) is 5.79. The molecule has 0 saturated heterocycles. The zero-order valence-electron chi connectivity index (χ0n) is 14.4. The average molecular weight is 334 g/mol. The van der Waals surface area contributed by atoms with Crippen LogP contribution in [-0.2, 0) is 6.42 Å². The standard InChI is InChI=1S/C23H27P/c1-3-9-18(10-4-1)23(17-24-20-12-5-2-6-13-20)22-16-15-19-11-7-8-14-21(19)22/h2,5-8,11-14,16,18,23-24H,1,3-4,9-10,15,17H2. The molecular formula is C23H27P. The van der Waals surface area contributed by atoms with Gasteiger partial charge in [-0.05, 0) is 59.3 Å². The molecule has 2 aliphatic rings. The Morgan fingerprint density at radius 2 is 1.62 bits per heavy atom. The van der Waals surface area contributed by atoms with Gasteiger partial charge in [0.15, 0.2) is 0 Å². The highest BCUT2D eigenvalue weighted by Crippen LogP contribution is 2.43. The SMILES string of the molecule is C1=C(C(CPc2ccccc2)C2CCCCC2)c2ccccc2C1. The van der Waals surface area contributed by atoms with Gasteiger partial charge in [0, 0.05) is 0 Å². The molecule has 2 atom stereocenters. The van der Waals surface area contributed by atoms with Gasteiger partial charge in [0.1, 0.15) is 0 Å². The summed E-state index contributed by atoms with van der Waals surface area (Å²) in [5, 5.41) is 1.52. The third kappa shape index (κ3) is 3.50. The van der Waals surface area contributed by atoms with Crippen LogP contribution in [0.1, 0.15) is 43.2 Å². The fourth-order valence-corrected chi connectivity index (χ4v) is 5.95. The molecule has 0 aliphatic heterocycles. The second kappa shape index (κ2) is 7.66. The summed E-state index contributed by atoms with van der Waals surface area (Å²) >= 11 is 0. The van der Waals surface area contributed by atoms with Crippen LogP contribution in [0.2, 0.25) is 0 Å². The summed E-state index contributed by atoms with van der Waals surface area (Å²) in [7, 11) is 0.932. The molecule has 0 amide bonds. The maximum absolute atomic E-state index is 2.54. The van der Waals surface area contributed by atoms with Crippen molar-refractivity contribution in [2.24, 2.45) is 11.8 Å². The number of benzene rings is 2. The summed E-state index contributed by atoms with van der Waals surface area (Å²) in [5.41, 5.74) is 4.75. The zero-order valence-corrected chi connectivity index (χ0v) is 15.4. The predicted octanol–water partition coefficient (Wildman–Crippen LogP) is 5.83. The first-order valence-corrected chi connectivity index (χ1v) is 10.7. The van der Waals surface area contributed by atoms with Crippen molar-refractivity contribution in [2.75, 3.05) is 6.16 Å². The maximum Gasteiger partial charge on any atom is -0.00853 e. The summed E-state index contributed by atoms with van der Waals surface area (Å²) in [5.74, 6) is 1.65. The quantitative estimate of drug-likeness (QED) is 0.604. The molecule has 2 aromatic carbocycles. The van der Waals surface area contributed by atoms with Crippen molar-refractivity contribution in [2.45, 2.75) is 38.5 Å². The molecule has 0 spiro atoms. The lowest BCUT2D eigenvalue weighted by Gasteiger charge is -2.32.